The zero-order valence-corrected chi connectivity index (χ0v) is 16.8. The van der Waals surface area contributed by atoms with Crippen LogP contribution in [0.4, 0.5) is 4.79 Å². The van der Waals surface area contributed by atoms with Crippen molar-refractivity contribution in [1.82, 2.24) is 15.1 Å². The maximum Gasteiger partial charge on any atom is 0.317 e. The molecular formula is C20H35N3O4. The Morgan fingerprint density at radius 1 is 1.26 bits per heavy atom. The molecule has 0 spiro atoms. The first-order valence-electron chi connectivity index (χ1n) is 10.6. The molecule has 0 bridgehead atoms. The summed E-state index contributed by atoms with van der Waals surface area (Å²) in [5.41, 5.74) is -0.712. The number of hydrogen-bond donors (Lipinski definition) is 2. The fourth-order valence-corrected chi connectivity index (χ4v) is 5.43. The zero-order chi connectivity index (χ0) is 19.4. The van der Waals surface area contributed by atoms with Crippen LogP contribution in [0.3, 0.4) is 0 Å². The van der Waals surface area contributed by atoms with E-state index >= 15 is 0 Å². The normalized spacial score (nSPS) is 29.7. The van der Waals surface area contributed by atoms with E-state index in [4.69, 9.17) is 4.74 Å². The van der Waals surface area contributed by atoms with Crippen molar-refractivity contribution in [3.8, 4) is 0 Å². The van der Waals surface area contributed by atoms with Crippen molar-refractivity contribution < 1.29 is 19.4 Å². The summed E-state index contributed by atoms with van der Waals surface area (Å²) in [5, 5.41) is 12.8. The van der Waals surface area contributed by atoms with Crippen molar-refractivity contribution in [2.24, 2.45) is 17.3 Å². The molecule has 3 fully saturated rings. The third-order valence-corrected chi connectivity index (χ3v) is 7.15. The molecule has 2 aliphatic heterocycles. The fraction of sp³-hybridized carbons (Fsp3) is 0.900. The average molecular weight is 382 g/mol. The number of amides is 2. The zero-order valence-electron chi connectivity index (χ0n) is 16.8. The summed E-state index contributed by atoms with van der Waals surface area (Å²) in [4.78, 5) is 28.8. The first-order valence-corrected chi connectivity index (χ1v) is 10.6. The highest BCUT2D eigenvalue weighted by atomic mass is 16.5. The number of ether oxygens (including phenoxy) is 1. The number of rotatable bonds is 7. The predicted molar refractivity (Wildman–Crippen MR) is 103 cm³/mol. The van der Waals surface area contributed by atoms with Gasteiger partial charge in [0.1, 0.15) is 0 Å². The maximum atomic E-state index is 12.8. The number of morpholine rings is 1. The molecule has 7 heteroatoms. The third kappa shape index (κ3) is 4.09. The lowest BCUT2D eigenvalue weighted by molar-refractivity contribution is -0.149. The monoisotopic (exact) mass is 381 g/mol. The maximum absolute atomic E-state index is 12.8. The molecule has 1 saturated carbocycles. The van der Waals surface area contributed by atoms with Gasteiger partial charge in [-0.1, -0.05) is 33.1 Å². The largest absolute Gasteiger partial charge is 0.481 e. The molecule has 0 radical (unpaired) electrons. The molecule has 2 saturated heterocycles. The van der Waals surface area contributed by atoms with Crippen molar-refractivity contribution in [3.63, 3.8) is 0 Å². The number of nitrogens with zero attached hydrogens (tertiary/aromatic N) is 2. The van der Waals surface area contributed by atoms with Crippen molar-refractivity contribution in [2.45, 2.75) is 52.0 Å². The van der Waals surface area contributed by atoms with Crippen LogP contribution in [0.2, 0.25) is 0 Å². The summed E-state index contributed by atoms with van der Waals surface area (Å²) < 4.78 is 5.49. The molecule has 3 atom stereocenters. The van der Waals surface area contributed by atoms with Gasteiger partial charge in [-0.25, -0.2) is 4.79 Å². The number of nitrogens with one attached hydrogen (secondary N) is 1. The van der Waals surface area contributed by atoms with Crippen LogP contribution in [0.5, 0.6) is 0 Å². The molecule has 0 aromatic carbocycles. The minimum atomic E-state index is -0.733. The Balaban J connectivity index is 1.60. The van der Waals surface area contributed by atoms with Crippen LogP contribution in [-0.4, -0.2) is 78.9 Å². The van der Waals surface area contributed by atoms with Crippen LogP contribution in [-0.2, 0) is 9.53 Å². The summed E-state index contributed by atoms with van der Waals surface area (Å²) in [6.45, 7) is 9.28. The molecule has 3 aliphatic rings. The topological polar surface area (TPSA) is 82.1 Å². The average Bonchev–Trinajstić information content (AvgIpc) is 3.24. The number of aliphatic carboxylic acids is 1. The second kappa shape index (κ2) is 8.78. The van der Waals surface area contributed by atoms with E-state index in [0.717, 1.165) is 52.0 Å². The van der Waals surface area contributed by atoms with Crippen molar-refractivity contribution in [1.29, 1.82) is 0 Å². The molecule has 154 valence electrons. The number of carbonyl (C=O) groups is 2. The van der Waals surface area contributed by atoms with Gasteiger partial charge in [-0.3, -0.25) is 9.69 Å². The minimum Gasteiger partial charge on any atom is -0.481 e. The first kappa shape index (κ1) is 20.4. The van der Waals surface area contributed by atoms with Crippen LogP contribution >= 0.6 is 0 Å². The van der Waals surface area contributed by atoms with E-state index in [1.54, 1.807) is 4.90 Å². The number of carboxylic acids is 1. The Bertz CT molecular complexity index is 533. The molecule has 27 heavy (non-hydrogen) atoms. The van der Waals surface area contributed by atoms with Gasteiger partial charge in [0.15, 0.2) is 0 Å². The Morgan fingerprint density at radius 3 is 2.56 bits per heavy atom. The summed E-state index contributed by atoms with van der Waals surface area (Å²) in [6, 6.07) is 0.206. The molecule has 2 N–H and O–H groups in total. The molecule has 7 nitrogen and oxygen atoms in total. The molecule has 2 amide bonds. The lowest BCUT2D eigenvalue weighted by Gasteiger charge is -2.39. The number of urea groups is 1. The van der Waals surface area contributed by atoms with Crippen molar-refractivity contribution in [3.05, 3.63) is 0 Å². The second-order valence-electron chi connectivity index (χ2n) is 8.41. The van der Waals surface area contributed by atoms with Gasteiger partial charge in [-0.15, -0.1) is 0 Å². The van der Waals surface area contributed by atoms with E-state index in [0.29, 0.717) is 38.0 Å². The van der Waals surface area contributed by atoms with Gasteiger partial charge in [0, 0.05) is 38.8 Å². The molecule has 2 heterocycles. The highest BCUT2D eigenvalue weighted by Gasteiger charge is 2.55. The van der Waals surface area contributed by atoms with E-state index in [9.17, 15) is 14.7 Å². The predicted octanol–water partition coefficient (Wildman–Crippen LogP) is 2.02. The van der Waals surface area contributed by atoms with Gasteiger partial charge in [0.25, 0.3) is 0 Å². The van der Waals surface area contributed by atoms with E-state index in [1.807, 2.05) is 0 Å². The van der Waals surface area contributed by atoms with E-state index in [-0.39, 0.29) is 11.9 Å². The fourth-order valence-electron chi connectivity index (χ4n) is 5.43. The van der Waals surface area contributed by atoms with E-state index in [1.165, 1.54) is 0 Å². The number of likely N-dealkylation sites (tertiary alicyclic amines) is 1. The molecule has 0 aromatic rings. The molecular weight excluding hydrogens is 346 g/mol. The molecule has 0 aromatic heterocycles. The number of fused-ring (bicyclic) bond motifs is 1. The Hall–Kier alpha value is -1.34. The van der Waals surface area contributed by atoms with Gasteiger partial charge >= 0.3 is 12.0 Å². The molecule has 1 aliphatic carbocycles. The minimum absolute atomic E-state index is 0.103. The van der Waals surface area contributed by atoms with E-state index in [2.05, 4.69) is 24.1 Å². The summed E-state index contributed by atoms with van der Waals surface area (Å²) in [7, 11) is 0. The quantitative estimate of drug-likeness (QED) is 0.705. The SMILES string of the molecule is CCC(CC)C(CNC(=O)N1C[C@@H]2CCC[C@@]2(C(=O)O)C1)N1CCOCC1. The summed E-state index contributed by atoms with van der Waals surface area (Å²) in [6.07, 6.45) is 4.74. The van der Waals surface area contributed by atoms with Crippen molar-refractivity contribution in [2.75, 3.05) is 45.9 Å². The smallest absolute Gasteiger partial charge is 0.317 e. The first-order chi connectivity index (χ1) is 13.0. The van der Waals surface area contributed by atoms with Crippen LogP contribution < -0.4 is 5.32 Å². The van der Waals surface area contributed by atoms with Crippen molar-refractivity contribution >= 4 is 12.0 Å². The summed E-state index contributed by atoms with van der Waals surface area (Å²) >= 11 is 0. The lowest BCUT2D eigenvalue weighted by Crippen LogP contribution is -2.53. The van der Waals surface area contributed by atoms with E-state index < -0.39 is 11.4 Å². The summed E-state index contributed by atoms with van der Waals surface area (Å²) in [5.74, 6) is -0.0925. The van der Waals surface area contributed by atoms with Gasteiger partial charge < -0.3 is 20.1 Å². The van der Waals surface area contributed by atoms with Crippen LogP contribution in [0.15, 0.2) is 0 Å². The Morgan fingerprint density at radius 2 is 1.96 bits per heavy atom. The van der Waals surface area contributed by atoms with Gasteiger partial charge in [0.2, 0.25) is 0 Å². The third-order valence-electron chi connectivity index (χ3n) is 7.15. The van der Waals surface area contributed by atoms with Gasteiger partial charge in [0.05, 0.1) is 18.6 Å². The number of hydrogen-bond acceptors (Lipinski definition) is 4. The van der Waals surface area contributed by atoms with Gasteiger partial charge in [-0.05, 0) is 24.7 Å². The van der Waals surface area contributed by atoms with Crippen LogP contribution in [0, 0.1) is 17.3 Å². The molecule has 1 unspecified atom stereocenters. The Kier molecular flexibility index (Phi) is 6.63. The number of carboxylic acid groups (broad SMARTS) is 1. The number of carbonyl (C=O) groups excluding carboxylic acids is 1. The molecule has 3 rings (SSSR count). The lowest BCUT2D eigenvalue weighted by atomic mass is 9.81. The standard InChI is InChI=1S/C20H35N3O4/c1-3-15(4-2)17(22-8-10-27-11-9-22)12-21-19(26)23-13-16-6-5-7-20(16,14-23)18(24)25/h15-17H,3-14H2,1-2H3,(H,21,26)(H,24,25)/t16-,17?,20+/m0/s1. The highest BCUT2D eigenvalue weighted by molar-refractivity contribution is 5.80. The highest BCUT2D eigenvalue weighted by Crippen LogP contribution is 2.48. The van der Waals surface area contributed by atoms with Gasteiger partial charge in [-0.2, -0.15) is 0 Å². The second-order valence-corrected chi connectivity index (χ2v) is 8.41. The van der Waals surface area contributed by atoms with Crippen LogP contribution in [0.1, 0.15) is 46.0 Å². The Labute approximate surface area is 162 Å². The van der Waals surface area contributed by atoms with Crippen LogP contribution in [0.25, 0.3) is 0 Å².